The first kappa shape index (κ1) is 22.9. The second-order valence-electron chi connectivity index (χ2n) is 10.2. The molecule has 0 aliphatic carbocycles. The molecular formula is C33H32N2O. The molecule has 0 unspecified atom stereocenters. The number of nitrogens with zero attached hydrogens (tertiary/aromatic N) is 2. The molecule has 180 valence electrons. The molecule has 0 radical (unpaired) electrons. The number of benzene rings is 4. The van der Waals surface area contributed by atoms with E-state index >= 15 is 0 Å². The lowest BCUT2D eigenvalue weighted by Crippen LogP contribution is -2.59. The standard InChI is InChI=1S/C33H32N2O/c36-33-29-21-34(31(25-13-5-1-6-14-25)26-15-7-2-8-16-26)22-30(33)24-35(23-29)32(27-17-9-3-10-18-27)28-19-11-4-12-20-28/h1-20,29-32H,21-24H2. The number of piperidine rings is 2. The quantitative estimate of drug-likeness (QED) is 0.344. The van der Waals surface area contributed by atoms with Gasteiger partial charge in [-0.3, -0.25) is 14.6 Å². The van der Waals surface area contributed by atoms with Crippen LogP contribution < -0.4 is 0 Å². The van der Waals surface area contributed by atoms with E-state index in [4.69, 9.17) is 0 Å². The first-order valence-corrected chi connectivity index (χ1v) is 13.0. The maximum Gasteiger partial charge on any atom is 0.144 e. The van der Waals surface area contributed by atoms with Crippen LogP contribution in [0.1, 0.15) is 34.3 Å². The van der Waals surface area contributed by atoms with Crippen molar-refractivity contribution < 1.29 is 4.79 Å². The van der Waals surface area contributed by atoms with Gasteiger partial charge in [0.25, 0.3) is 0 Å². The highest BCUT2D eigenvalue weighted by Crippen LogP contribution is 2.39. The molecule has 36 heavy (non-hydrogen) atoms. The van der Waals surface area contributed by atoms with Gasteiger partial charge in [0.2, 0.25) is 0 Å². The Kier molecular flexibility index (Phi) is 6.50. The van der Waals surface area contributed by atoms with Crippen LogP contribution in [-0.4, -0.2) is 41.8 Å². The molecular weight excluding hydrogens is 440 g/mol. The second kappa shape index (κ2) is 10.2. The van der Waals surface area contributed by atoms with Gasteiger partial charge in [-0.1, -0.05) is 121 Å². The normalized spacial score (nSPS) is 20.7. The molecule has 4 aromatic rings. The molecule has 0 spiro atoms. The molecule has 0 N–H and O–H groups in total. The average molecular weight is 473 g/mol. The molecule has 4 aromatic carbocycles. The predicted octanol–water partition coefficient (Wildman–Crippen LogP) is 6.00. The van der Waals surface area contributed by atoms with Crippen LogP contribution in [0.5, 0.6) is 0 Å². The summed E-state index contributed by atoms with van der Waals surface area (Å²) in [6.45, 7) is 3.15. The summed E-state index contributed by atoms with van der Waals surface area (Å²) in [6.07, 6.45) is 0. The first-order valence-electron chi connectivity index (χ1n) is 13.0. The van der Waals surface area contributed by atoms with Crippen LogP contribution in [0.4, 0.5) is 0 Å². The fraction of sp³-hybridized carbons (Fsp3) is 0.242. The van der Waals surface area contributed by atoms with Crippen molar-refractivity contribution in [2.24, 2.45) is 11.8 Å². The SMILES string of the molecule is O=C1C2CN(C(c3ccccc3)c3ccccc3)CC1CN(C(c1ccccc1)c1ccccc1)C2. The third kappa shape index (κ3) is 4.53. The monoisotopic (exact) mass is 472 g/mol. The molecule has 0 aromatic heterocycles. The summed E-state index contributed by atoms with van der Waals surface area (Å²) in [4.78, 5) is 18.5. The maximum absolute atomic E-state index is 13.4. The fourth-order valence-electron chi connectivity index (χ4n) is 6.28. The molecule has 3 heteroatoms. The molecule has 6 rings (SSSR count). The number of ketones is 1. The number of likely N-dealkylation sites (tertiary alicyclic amines) is 2. The minimum absolute atomic E-state index is 0.0161. The molecule has 2 fully saturated rings. The smallest absolute Gasteiger partial charge is 0.144 e. The Morgan fingerprint density at radius 2 is 0.694 bits per heavy atom. The van der Waals surface area contributed by atoms with Gasteiger partial charge in [-0.2, -0.15) is 0 Å². The Balaban J connectivity index is 1.31. The Hall–Kier alpha value is -3.53. The summed E-state index contributed by atoms with van der Waals surface area (Å²) in [5.74, 6) is 0.479. The van der Waals surface area contributed by atoms with Gasteiger partial charge >= 0.3 is 0 Å². The molecule has 2 saturated heterocycles. The first-order chi connectivity index (χ1) is 17.8. The highest BCUT2D eigenvalue weighted by molar-refractivity contribution is 5.86. The highest BCUT2D eigenvalue weighted by atomic mass is 16.1. The van der Waals surface area contributed by atoms with Gasteiger partial charge < -0.3 is 0 Å². The topological polar surface area (TPSA) is 23.6 Å². The zero-order valence-electron chi connectivity index (χ0n) is 20.5. The van der Waals surface area contributed by atoms with E-state index in [2.05, 4.69) is 131 Å². The second-order valence-corrected chi connectivity index (χ2v) is 10.2. The van der Waals surface area contributed by atoms with Crippen LogP contribution in [0.3, 0.4) is 0 Å². The maximum atomic E-state index is 13.4. The van der Waals surface area contributed by atoms with E-state index in [0.29, 0.717) is 5.78 Å². The highest BCUT2D eigenvalue weighted by Gasteiger charge is 2.45. The zero-order chi connectivity index (χ0) is 24.3. The molecule has 2 aliphatic rings. The molecule has 0 saturated carbocycles. The molecule has 0 atom stereocenters. The lowest BCUT2D eigenvalue weighted by Gasteiger charge is -2.49. The van der Waals surface area contributed by atoms with Crippen molar-refractivity contribution in [2.75, 3.05) is 26.2 Å². The number of hydrogen-bond acceptors (Lipinski definition) is 3. The van der Waals surface area contributed by atoms with Crippen LogP contribution in [0.2, 0.25) is 0 Å². The van der Waals surface area contributed by atoms with Crippen molar-refractivity contribution in [1.82, 2.24) is 9.80 Å². The molecule has 2 heterocycles. The van der Waals surface area contributed by atoms with Crippen LogP contribution >= 0.6 is 0 Å². The lowest BCUT2D eigenvalue weighted by atomic mass is 9.80. The summed E-state index contributed by atoms with van der Waals surface area (Å²) >= 11 is 0. The number of Topliss-reactive ketones (excluding diaryl/α,β-unsaturated/α-hetero) is 1. The summed E-state index contributed by atoms with van der Waals surface area (Å²) in [6, 6.07) is 43.3. The number of hydrogen-bond donors (Lipinski definition) is 0. The third-order valence-corrected chi connectivity index (χ3v) is 7.82. The van der Waals surface area contributed by atoms with Crippen molar-refractivity contribution in [3.63, 3.8) is 0 Å². The van der Waals surface area contributed by atoms with Gasteiger partial charge in [-0.05, 0) is 22.3 Å². The Morgan fingerprint density at radius 1 is 0.444 bits per heavy atom. The van der Waals surface area contributed by atoms with Crippen LogP contribution in [0.25, 0.3) is 0 Å². The molecule has 3 nitrogen and oxygen atoms in total. The van der Waals surface area contributed by atoms with Crippen molar-refractivity contribution in [3.05, 3.63) is 144 Å². The van der Waals surface area contributed by atoms with Gasteiger partial charge in [0.05, 0.1) is 12.1 Å². The number of rotatable bonds is 6. The summed E-state index contributed by atoms with van der Waals surface area (Å²) in [5, 5.41) is 0. The number of carbonyl (C=O) groups excluding carboxylic acids is 1. The third-order valence-electron chi connectivity index (χ3n) is 7.82. The fourth-order valence-corrected chi connectivity index (χ4v) is 6.28. The van der Waals surface area contributed by atoms with E-state index in [1.165, 1.54) is 22.3 Å². The molecule has 2 aliphatic heterocycles. The largest absolute Gasteiger partial charge is 0.299 e. The average Bonchev–Trinajstić information content (AvgIpc) is 2.92. The predicted molar refractivity (Wildman–Crippen MR) is 145 cm³/mol. The molecule has 0 amide bonds. The zero-order valence-corrected chi connectivity index (χ0v) is 20.5. The Morgan fingerprint density at radius 3 is 0.944 bits per heavy atom. The summed E-state index contributed by atoms with van der Waals surface area (Å²) in [7, 11) is 0. The van der Waals surface area contributed by atoms with Crippen LogP contribution in [0.15, 0.2) is 121 Å². The van der Waals surface area contributed by atoms with Gasteiger partial charge in [-0.25, -0.2) is 0 Å². The van der Waals surface area contributed by atoms with Gasteiger partial charge in [0, 0.05) is 38.0 Å². The number of fused-ring (bicyclic) bond motifs is 2. The number of carbonyl (C=O) groups is 1. The van der Waals surface area contributed by atoms with E-state index in [1.54, 1.807) is 0 Å². The van der Waals surface area contributed by atoms with E-state index in [9.17, 15) is 4.79 Å². The lowest BCUT2D eigenvalue weighted by molar-refractivity contribution is -0.139. The van der Waals surface area contributed by atoms with Gasteiger partial charge in [0.15, 0.2) is 0 Å². The Bertz CT molecular complexity index is 1080. The summed E-state index contributed by atoms with van der Waals surface area (Å²) < 4.78 is 0. The Labute approximate surface area is 214 Å². The van der Waals surface area contributed by atoms with E-state index in [0.717, 1.165) is 26.2 Å². The summed E-state index contributed by atoms with van der Waals surface area (Å²) in [5.41, 5.74) is 5.16. The van der Waals surface area contributed by atoms with Crippen LogP contribution in [-0.2, 0) is 4.79 Å². The van der Waals surface area contributed by atoms with E-state index < -0.39 is 0 Å². The van der Waals surface area contributed by atoms with Crippen LogP contribution in [0, 0.1) is 11.8 Å². The van der Waals surface area contributed by atoms with Gasteiger partial charge in [-0.15, -0.1) is 0 Å². The van der Waals surface area contributed by atoms with E-state index in [-0.39, 0.29) is 23.9 Å². The van der Waals surface area contributed by atoms with Crippen molar-refractivity contribution >= 4 is 5.78 Å². The van der Waals surface area contributed by atoms with Crippen molar-refractivity contribution in [2.45, 2.75) is 12.1 Å². The van der Waals surface area contributed by atoms with Crippen molar-refractivity contribution in [3.8, 4) is 0 Å². The van der Waals surface area contributed by atoms with Crippen molar-refractivity contribution in [1.29, 1.82) is 0 Å². The minimum atomic E-state index is 0.0161. The van der Waals surface area contributed by atoms with E-state index in [1.807, 2.05) is 0 Å². The minimum Gasteiger partial charge on any atom is -0.299 e. The van der Waals surface area contributed by atoms with Gasteiger partial charge in [0.1, 0.15) is 5.78 Å². The molecule has 2 bridgehead atoms.